The number of rotatable bonds is 4. The Labute approximate surface area is 56.1 Å². The standard InChI is InChI=1S/C5H14NO2P/c1-2-5(6)3-4-9(7)8/h5,9H,2-4,6H2,1H3,(H,7,8). The van der Waals surface area contributed by atoms with Crippen molar-refractivity contribution in [2.24, 2.45) is 5.73 Å². The van der Waals surface area contributed by atoms with Gasteiger partial charge in [-0.25, -0.2) is 0 Å². The van der Waals surface area contributed by atoms with E-state index in [-0.39, 0.29) is 6.04 Å². The van der Waals surface area contributed by atoms with Crippen molar-refractivity contribution in [2.45, 2.75) is 25.8 Å². The minimum absolute atomic E-state index is 0.103. The molecule has 2 atom stereocenters. The smallest absolute Gasteiger partial charge is 0.189 e. The van der Waals surface area contributed by atoms with Crippen LogP contribution in [0.3, 0.4) is 0 Å². The third kappa shape index (κ3) is 6.03. The second-order valence-electron chi connectivity index (χ2n) is 2.10. The molecule has 2 unspecified atom stereocenters. The fourth-order valence-electron chi connectivity index (χ4n) is 0.513. The van der Waals surface area contributed by atoms with E-state index in [1.54, 1.807) is 0 Å². The predicted molar refractivity (Wildman–Crippen MR) is 39.0 cm³/mol. The van der Waals surface area contributed by atoms with Crippen LogP contribution in [0.2, 0.25) is 0 Å². The Morgan fingerprint density at radius 3 is 2.67 bits per heavy atom. The zero-order valence-electron chi connectivity index (χ0n) is 5.63. The molecule has 0 saturated carbocycles. The third-order valence-electron chi connectivity index (χ3n) is 1.25. The monoisotopic (exact) mass is 151 g/mol. The first-order chi connectivity index (χ1) is 4.16. The van der Waals surface area contributed by atoms with Crippen LogP contribution in [0.25, 0.3) is 0 Å². The lowest BCUT2D eigenvalue weighted by atomic mass is 10.2. The van der Waals surface area contributed by atoms with E-state index in [2.05, 4.69) is 0 Å². The zero-order chi connectivity index (χ0) is 7.28. The third-order valence-corrected chi connectivity index (χ3v) is 1.97. The van der Waals surface area contributed by atoms with Gasteiger partial charge in [-0.1, -0.05) is 6.92 Å². The molecule has 0 saturated heterocycles. The largest absolute Gasteiger partial charge is 0.346 e. The molecule has 0 amide bonds. The van der Waals surface area contributed by atoms with Gasteiger partial charge in [0, 0.05) is 12.2 Å². The number of hydrogen-bond donors (Lipinski definition) is 2. The van der Waals surface area contributed by atoms with Crippen LogP contribution in [-0.2, 0) is 4.57 Å². The van der Waals surface area contributed by atoms with E-state index in [1.165, 1.54) is 0 Å². The van der Waals surface area contributed by atoms with Gasteiger partial charge in [0.15, 0.2) is 8.03 Å². The molecule has 0 aromatic rings. The molecule has 4 heteroatoms. The SMILES string of the molecule is CCC(N)CC[PH](=O)O. The maximum atomic E-state index is 10.1. The predicted octanol–water partition coefficient (Wildman–Crippen LogP) is 0.581. The average Bonchev–Trinajstić information content (AvgIpc) is 1.83. The van der Waals surface area contributed by atoms with Crippen LogP contribution in [0.1, 0.15) is 19.8 Å². The van der Waals surface area contributed by atoms with E-state index in [1.807, 2.05) is 6.92 Å². The van der Waals surface area contributed by atoms with Crippen molar-refractivity contribution in [3.05, 3.63) is 0 Å². The van der Waals surface area contributed by atoms with Crippen molar-refractivity contribution in [1.29, 1.82) is 0 Å². The average molecular weight is 151 g/mol. The van der Waals surface area contributed by atoms with Crippen LogP contribution in [0.15, 0.2) is 0 Å². The lowest BCUT2D eigenvalue weighted by Gasteiger charge is -2.04. The van der Waals surface area contributed by atoms with Crippen LogP contribution in [-0.4, -0.2) is 17.1 Å². The number of nitrogens with two attached hydrogens (primary N) is 1. The second kappa shape index (κ2) is 4.98. The van der Waals surface area contributed by atoms with Gasteiger partial charge in [-0.15, -0.1) is 0 Å². The molecule has 0 radical (unpaired) electrons. The van der Waals surface area contributed by atoms with Crippen LogP contribution in [0, 0.1) is 0 Å². The lowest BCUT2D eigenvalue weighted by Crippen LogP contribution is -2.18. The molecule has 0 aromatic carbocycles. The highest BCUT2D eigenvalue weighted by molar-refractivity contribution is 7.37. The van der Waals surface area contributed by atoms with Gasteiger partial charge in [0.2, 0.25) is 0 Å². The maximum Gasteiger partial charge on any atom is 0.189 e. The van der Waals surface area contributed by atoms with Crippen LogP contribution >= 0.6 is 8.03 Å². The van der Waals surface area contributed by atoms with Crippen LogP contribution < -0.4 is 5.73 Å². The van der Waals surface area contributed by atoms with Crippen LogP contribution in [0.5, 0.6) is 0 Å². The summed E-state index contributed by atoms with van der Waals surface area (Å²) in [4.78, 5) is 8.39. The lowest BCUT2D eigenvalue weighted by molar-refractivity contribution is 0.496. The summed E-state index contributed by atoms with van der Waals surface area (Å²) in [5, 5.41) is 0. The second-order valence-corrected chi connectivity index (χ2v) is 3.39. The minimum atomic E-state index is -2.27. The summed E-state index contributed by atoms with van der Waals surface area (Å²) in [6.45, 7) is 1.97. The molecule has 0 spiro atoms. The molecule has 0 rings (SSSR count). The summed E-state index contributed by atoms with van der Waals surface area (Å²) >= 11 is 0. The van der Waals surface area contributed by atoms with Gasteiger partial charge >= 0.3 is 0 Å². The van der Waals surface area contributed by atoms with E-state index < -0.39 is 8.03 Å². The van der Waals surface area contributed by atoms with Gasteiger partial charge in [-0.2, -0.15) is 0 Å². The van der Waals surface area contributed by atoms with Crippen molar-refractivity contribution >= 4 is 8.03 Å². The fraction of sp³-hybridized carbons (Fsp3) is 1.00. The molecule has 0 aliphatic heterocycles. The molecule has 0 bridgehead atoms. The van der Waals surface area contributed by atoms with Gasteiger partial charge in [0.1, 0.15) is 0 Å². The van der Waals surface area contributed by atoms with Crippen molar-refractivity contribution in [1.82, 2.24) is 0 Å². The van der Waals surface area contributed by atoms with Crippen molar-refractivity contribution in [3.63, 3.8) is 0 Å². The summed E-state index contributed by atoms with van der Waals surface area (Å²) in [5.41, 5.74) is 5.49. The van der Waals surface area contributed by atoms with Crippen molar-refractivity contribution in [3.8, 4) is 0 Å². The van der Waals surface area contributed by atoms with Gasteiger partial charge in [0.05, 0.1) is 0 Å². The van der Waals surface area contributed by atoms with Crippen molar-refractivity contribution < 1.29 is 9.46 Å². The van der Waals surface area contributed by atoms with Gasteiger partial charge in [0.25, 0.3) is 0 Å². The molecule has 0 aliphatic carbocycles. The molecule has 9 heavy (non-hydrogen) atoms. The van der Waals surface area contributed by atoms with E-state index in [9.17, 15) is 4.57 Å². The van der Waals surface area contributed by atoms with Gasteiger partial charge in [-0.05, 0) is 12.8 Å². The quantitative estimate of drug-likeness (QED) is 0.577. The Hall–Kier alpha value is 0.150. The van der Waals surface area contributed by atoms with E-state index in [0.717, 1.165) is 6.42 Å². The Morgan fingerprint density at radius 1 is 1.78 bits per heavy atom. The molecule has 0 fully saturated rings. The Balaban J connectivity index is 3.16. The maximum absolute atomic E-state index is 10.1. The summed E-state index contributed by atoms with van der Waals surface area (Å²) in [7, 11) is -2.27. The molecule has 56 valence electrons. The minimum Gasteiger partial charge on any atom is -0.346 e. The van der Waals surface area contributed by atoms with E-state index >= 15 is 0 Å². The normalized spacial score (nSPS) is 17.2. The highest BCUT2D eigenvalue weighted by Gasteiger charge is 1.99. The topological polar surface area (TPSA) is 63.3 Å². The first-order valence-corrected chi connectivity index (χ1v) is 4.70. The molecule has 0 aromatic heterocycles. The summed E-state index contributed by atoms with van der Waals surface area (Å²) in [6.07, 6.45) is 1.93. The molecule has 3 N–H and O–H groups in total. The van der Waals surface area contributed by atoms with E-state index in [0.29, 0.717) is 12.6 Å². The fourth-order valence-corrected chi connectivity index (χ4v) is 1.13. The van der Waals surface area contributed by atoms with Gasteiger partial charge in [-0.3, -0.25) is 4.57 Å². The Bertz CT molecular complexity index is 97.0. The van der Waals surface area contributed by atoms with Gasteiger partial charge < -0.3 is 10.6 Å². The zero-order valence-corrected chi connectivity index (χ0v) is 6.63. The Kier molecular flexibility index (Phi) is 5.06. The highest BCUT2D eigenvalue weighted by Crippen LogP contribution is 2.14. The van der Waals surface area contributed by atoms with Crippen LogP contribution in [0.4, 0.5) is 0 Å². The van der Waals surface area contributed by atoms with Crippen molar-refractivity contribution in [2.75, 3.05) is 6.16 Å². The Morgan fingerprint density at radius 2 is 2.33 bits per heavy atom. The highest BCUT2D eigenvalue weighted by atomic mass is 31.1. The molecule has 0 heterocycles. The first-order valence-electron chi connectivity index (χ1n) is 3.14. The molecule has 3 nitrogen and oxygen atoms in total. The first kappa shape index (κ1) is 9.15. The van der Waals surface area contributed by atoms with E-state index in [4.69, 9.17) is 10.6 Å². The molecular weight excluding hydrogens is 137 g/mol. The summed E-state index contributed by atoms with van der Waals surface area (Å²) < 4.78 is 10.1. The molecule has 0 aliphatic rings. The summed E-state index contributed by atoms with van der Waals surface area (Å²) in [5.74, 6) is 0. The summed E-state index contributed by atoms with van der Waals surface area (Å²) in [6, 6.07) is 0.103. The molecular formula is C5H14NO2P. The number of hydrogen-bond acceptors (Lipinski definition) is 2.